The van der Waals surface area contributed by atoms with E-state index in [1.807, 2.05) is 41.5 Å². The van der Waals surface area contributed by atoms with Gasteiger partial charge in [-0.25, -0.2) is 21.6 Å². The number of nitrogen functional groups attached to an aromatic ring is 2. The Kier molecular flexibility index (Phi) is 20.2. The molecule has 0 aliphatic carbocycles. The second kappa shape index (κ2) is 25.7. The fourth-order valence-electron chi connectivity index (χ4n) is 6.44. The number of ether oxygens (including phenoxy) is 4. The van der Waals surface area contributed by atoms with Crippen molar-refractivity contribution in [2.75, 3.05) is 36.2 Å². The van der Waals surface area contributed by atoms with Gasteiger partial charge >= 0.3 is 0 Å². The zero-order valence-corrected chi connectivity index (χ0v) is 41.1. The second-order valence-corrected chi connectivity index (χ2v) is 19.0. The van der Waals surface area contributed by atoms with Crippen molar-refractivity contribution in [2.45, 2.75) is 77.5 Å². The third kappa shape index (κ3) is 16.5. The zero-order chi connectivity index (χ0) is 50.7. The van der Waals surface area contributed by atoms with Gasteiger partial charge in [-0.15, -0.1) is 0 Å². The van der Waals surface area contributed by atoms with Crippen LogP contribution >= 0.6 is 0 Å². The minimum Gasteiger partial charge on any atom is -0.490 e. The maximum absolute atomic E-state index is 13.3. The van der Waals surface area contributed by atoms with Crippen LogP contribution in [0.5, 0.6) is 23.0 Å². The molecule has 0 spiro atoms. The van der Waals surface area contributed by atoms with E-state index in [9.17, 15) is 26.4 Å². The Labute approximate surface area is 404 Å². The van der Waals surface area contributed by atoms with Crippen LogP contribution in [0.25, 0.3) is 0 Å². The standard InChI is InChI=1S/C25H28N4O5S.C24H34N4O5S/c1-3-33-21-15-12-18(16-22(21)34-4-2)23(28-19-13-10-17(11-14-19)24(26)27)25(30)29-35(31,32)20-8-6-5-7-9-20;1-5-7-14-34(30,31)28-24(29)22(27-19-11-8-17(9-12-19)23(25)26)18-10-13-20(33-16(3)4)21(15-18)32-6-2/h5-16,23,28H,3-4H2,1-2H3,(H3,26,27)(H,29,30);8-13,15-16,22,27H,5-7,14H2,1-4H3,(H3,25,26)(H,28,29). The van der Waals surface area contributed by atoms with Crippen molar-refractivity contribution in [3.05, 3.63) is 138 Å². The molecule has 10 N–H and O–H groups in total. The second-order valence-electron chi connectivity index (χ2n) is 15.4. The Balaban J connectivity index is 0.000000301. The van der Waals surface area contributed by atoms with Gasteiger partial charge in [0.25, 0.3) is 21.8 Å². The zero-order valence-electron chi connectivity index (χ0n) is 39.5. The lowest BCUT2D eigenvalue weighted by Gasteiger charge is -2.22. The fourth-order valence-corrected chi connectivity index (χ4v) is 8.66. The predicted molar refractivity (Wildman–Crippen MR) is 268 cm³/mol. The van der Waals surface area contributed by atoms with Crippen LogP contribution in [0.3, 0.4) is 0 Å². The third-order valence-corrected chi connectivity index (χ3v) is 12.4. The molecule has 0 saturated carbocycles. The number of benzene rings is 5. The lowest BCUT2D eigenvalue weighted by atomic mass is 10.0. The highest BCUT2D eigenvalue weighted by molar-refractivity contribution is 7.90. The topological polar surface area (TPSA) is 287 Å². The number of carbonyl (C=O) groups excluding carboxylic acids is 2. The molecular weight excluding hydrogens is 925 g/mol. The molecule has 2 unspecified atom stereocenters. The van der Waals surface area contributed by atoms with Gasteiger partial charge in [0.1, 0.15) is 23.8 Å². The molecule has 2 amide bonds. The van der Waals surface area contributed by atoms with E-state index in [0.717, 1.165) is 0 Å². The van der Waals surface area contributed by atoms with E-state index < -0.39 is 43.9 Å². The molecule has 0 fully saturated rings. The molecule has 5 aromatic carbocycles. The highest BCUT2D eigenvalue weighted by Crippen LogP contribution is 2.34. The Morgan fingerprint density at radius 2 is 1.01 bits per heavy atom. The molecular formula is C49H62N8O10S2. The van der Waals surface area contributed by atoms with Crippen LogP contribution in [0.2, 0.25) is 0 Å². The smallest absolute Gasteiger partial charge is 0.264 e. The summed E-state index contributed by atoms with van der Waals surface area (Å²) in [6.07, 6.45) is 1.06. The molecule has 18 nitrogen and oxygen atoms in total. The van der Waals surface area contributed by atoms with Crippen LogP contribution < -0.4 is 50.5 Å². The maximum Gasteiger partial charge on any atom is 0.264 e. The molecule has 5 aromatic rings. The lowest BCUT2D eigenvalue weighted by Crippen LogP contribution is -2.38. The summed E-state index contributed by atoms with van der Waals surface area (Å²) in [7, 11) is -7.89. The van der Waals surface area contributed by atoms with E-state index in [1.54, 1.807) is 103 Å². The molecule has 0 radical (unpaired) electrons. The monoisotopic (exact) mass is 986 g/mol. The number of amidine groups is 2. The third-order valence-electron chi connectivity index (χ3n) is 9.71. The molecule has 0 bridgehead atoms. The summed E-state index contributed by atoms with van der Waals surface area (Å²) in [6, 6.07) is 28.8. The number of anilines is 2. The van der Waals surface area contributed by atoms with Crippen LogP contribution in [0.15, 0.2) is 120 Å². The van der Waals surface area contributed by atoms with E-state index in [1.165, 1.54) is 12.1 Å². The Hall–Kier alpha value is -7.32. The Bertz CT molecular complexity index is 2740. The van der Waals surface area contributed by atoms with Crippen molar-refractivity contribution in [1.82, 2.24) is 9.44 Å². The first kappa shape index (κ1) is 54.3. The summed E-state index contributed by atoms with van der Waals surface area (Å²) >= 11 is 0. The Morgan fingerprint density at radius 3 is 1.45 bits per heavy atom. The minimum atomic E-state index is -4.10. The first-order valence-corrected chi connectivity index (χ1v) is 25.4. The lowest BCUT2D eigenvalue weighted by molar-refractivity contribution is -0.121. The van der Waals surface area contributed by atoms with Crippen molar-refractivity contribution >= 4 is 54.9 Å². The van der Waals surface area contributed by atoms with Crippen molar-refractivity contribution in [2.24, 2.45) is 11.5 Å². The molecule has 0 aliphatic rings. The van der Waals surface area contributed by atoms with Gasteiger partial charge in [0, 0.05) is 22.5 Å². The predicted octanol–water partition coefficient (Wildman–Crippen LogP) is 6.98. The summed E-state index contributed by atoms with van der Waals surface area (Å²) in [6.45, 7) is 12.4. The van der Waals surface area contributed by atoms with Gasteiger partial charge in [-0.2, -0.15) is 0 Å². The number of rotatable bonds is 24. The number of hydrogen-bond donors (Lipinski definition) is 8. The van der Waals surface area contributed by atoms with E-state index in [0.29, 0.717) is 89.3 Å². The van der Waals surface area contributed by atoms with Crippen molar-refractivity contribution in [3.8, 4) is 23.0 Å². The van der Waals surface area contributed by atoms with Gasteiger partial charge in [-0.1, -0.05) is 43.7 Å². The number of hydrogen-bond acceptors (Lipinski definition) is 14. The maximum atomic E-state index is 13.3. The molecule has 20 heteroatoms. The molecule has 0 aliphatic heterocycles. The molecule has 69 heavy (non-hydrogen) atoms. The quantitative estimate of drug-likeness (QED) is 0.0229. The van der Waals surface area contributed by atoms with E-state index in [2.05, 4.69) is 20.1 Å². The van der Waals surface area contributed by atoms with Gasteiger partial charge in [0.15, 0.2) is 23.0 Å². The van der Waals surface area contributed by atoms with E-state index in [4.69, 9.17) is 41.2 Å². The van der Waals surface area contributed by atoms with Crippen molar-refractivity contribution in [1.29, 1.82) is 10.8 Å². The summed E-state index contributed by atoms with van der Waals surface area (Å²) in [5.74, 6) is 0.126. The van der Waals surface area contributed by atoms with Crippen LogP contribution in [0.4, 0.5) is 11.4 Å². The van der Waals surface area contributed by atoms with Crippen molar-refractivity contribution < 1.29 is 45.4 Å². The number of carbonyl (C=O) groups is 2. The van der Waals surface area contributed by atoms with Gasteiger partial charge in [-0.05, 0) is 137 Å². The van der Waals surface area contributed by atoms with Gasteiger partial charge in [0.05, 0.1) is 36.6 Å². The normalized spacial score (nSPS) is 12.0. The first-order chi connectivity index (χ1) is 32.8. The summed E-state index contributed by atoms with van der Waals surface area (Å²) in [4.78, 5) is 26.4. The fraction of sp³-hybridized carbons (Fsp3) is 0.306. The molecule has 370 valence electrons. The summed E-state index contributed by atoms with van der Waals surface area (Å²) < 4.78 is 77.6. The largest absolute Gasteiger partial charge is 0.490 e. The molecule has 0 saturated heterocycles. The molecule has 5 rings (SSSR count). The number of nitrogens with one attached hydrogen (secondary N) is 6. The van der Waals surface area contributed by atoms with E-state index >= 15 is 0 Å². The number of unbranched alkanes of at least 4 members (excludes halogenated alkanes) is 1. The highest BCUT2D eigenvalue weighted by atomic mass is 32.2. The average Bonchev–Trinajstić information content (AvgIpc) is 3.31. The average molecular weight is 987 g/mol. The van der Waals surface area contributed by atoms with E-state index in [-0.39, 0.29) is 28.4 Å². The SMILES string of the molecule is CCCCS(=O)(=O)NC(=O)C(Nc1ccc(C(=N)N)cc1)c1ccc(OC(C)C)c(OCC)c1.CCOc1ccc(C(Nc2ccc(C(=N)N)cc2)C(=O)NS(=O)(=O)c2ccccc2)cc1OCC. The van der Waals surface area contributed by atoms with Crippen LogP contribution in [0, 0.1) is 10.8 Å². The van der Waals surface area contributed by atoms with Crippen molar-refractivity contribution in [3.63, 3.8) is 0 Å². The number of sulfonamides is 2. The van der Waals surface area contributed by atoms with Gasteiger partial charge < -0.3 is 41.0 Å². The summed E-state index contributed by atoms with van der Waals surface area (Å²) in [5.41, 5.74) is 14.1. The molecule has 0 aromatic heterocycles. The minimum absolute atomic E-state index is 0.0281. The molecule has 0 heterocycles. The van der Waals surface area contributed by atoms with Crippen LogP contribution in [-0.4, -0.2) is 72.0 Å². The van der Waals surface area contributed by atoms with Crippen LogP contribution in [0.1, 0.15) is 88.7 Å². The van der Waals surface area contributed by atoms with Gasteiger partial charge in [-0.3, -0.25) is 25.1 Å². The van der Waals surface area contributed by atoms with Crippen LogP contribution in [-0.2, 0) is 29.6 Å². The highest BCUT2D eigenvalue weighted by Gasteiger charge is 2.29. The number of nitrogens with two attached hydrogens (primary N) is 2. The molecule has 2 atom stereocenters. The summed E-state index contributed by atoms with van der Waals surface area (Å²) in [5, 5.41) is 21.2. The number of amides is 2. The Morgan fingerprint density at radius 1 is 0.580 bits per heavy atom. The van der Waals surface area contributed by atoms with Gasteiger partial charge in [0.2, 0.25) is 10.0 Å². The first-order valence-electron chi connectivity index (χ1n) is 22.2.